The molecule has 14 heavy (non-hydrogen) atoms. The summed E-state index contributed by atoms with van der Waals surface area (Å²) in [6.45, 7) is 3.77. The molecule has 0 heterocycles. The molecule has 0 aromatic carbocycles. The quantitative estimate of drug-likeness (QED) is 0.545. The Morgan fingerprint density at radius 2 is 1.29 bits per heavy atom. The Balaban J connectivity index is -0.000000135. The van der Waals surface area contributed by atoms with Crippen LogP contribution in [0.1, 0.15) is 13.8 Å². The fourth-order valence-electron chi connectivity index (χ4n) is 0.0445. The number of hydrogen-bond donors (Lipinski definition) is 4. The second kappa shape index (κ2) is 14.3. The first kappa shape index (κ1) is 18.6. The molecular formula is C6H11IO7. The molecule has 0 amide bonds. The van der Waals surface area contributed by atoms with E-state index in [9.17, 15) is 3.07 Å². The number of carboxylic acid groups (broad SMARTS) is 4. The molecule has 0 atom stereocenters. The highest BCUT2D eigenvalue weighted by molar-refractivity contribution is 14.2. The molecule has 0 aliphatic carbocycles. The number of hydrogen-bond acceptors (Lipinski definition) is 3. The van der Waals surface area contributed by atoms with Crippen molar-refractivity contribution in [1.82, 2.24) is 0 Å². The van der Waals surface area contributed by atoms with Crippen molar-refractivity contribution in [3.05, 3.63) is 9.66 Å². The van der Waals surface area contributed by atoms with Crippen LogP contribution in [0.4, 0.5) is 9.59 Å². The maximum Gasteiger partial charge on any atom is 0.503 e. The topological polar surface area (TPSA) is 132 Å². The smallest absolute Gasteiger partial charge is 0.450 e. The predicted octanol–water partition coefficient (Wildman–Crippen LogP) is 2.67. The molecule has 84 valence electrons. The summed E-state index contributed by atoms with van der Waals surface area (Å²) in [7, 11) is 0. The molecule has 0 rings (SSSR count). The predicted molar refractivity (Wildman–Crippen MR) is 55.4 cm³/mol. The first-order chi connectivity index (χ1) is 6.27. The lowest BCUT2D eigenvalue weighted by Gasteiger charge is -1.71. The fraction of sp³-hybridized carbons (Fsp3) is 0.333. The summed E-state index contributed by atoms with van der Waals surface area (Å²) < 4.78 is 10.9. The highest BCUT2D eigenvalue weighted by Gasteiger charge is 1.74. The zero-order valence-corrected chi connectivity index (χ0v) is 9.63. The van der Waals surface area contributed by atoms with E-state index in [0.717, 1.165) is 3.58 Å². The van der Waals surface area contributed by atoms with E-state index in [-0.39, 0.29) is 0 Å². The highest BCUT2D eigenvalue weighted by atomic mass is 127. The van der Waals surface area contributed by atoms with E-state index in [2.05, 4.69) is 0 Å². The summed E-state index contributed by atoms with van der Waals surface area (Å²) in [5.41, 5.74) is 0. The Labute approximate surface area is 90.3 Å². The summed E-state index contributed by atoms with van der Waals surface area (Å²) >= 11 is -0.844. The Morgan fingerprint density at radius 3 is 1.29 bits per heavy atom. The van der Waals surface area contributed by atoms with Crippen LogP contribution in [0.5, 0.6) is 0 Å². The third-order valence-corrected chi connectivity index (χ3v) is 1.84. The van der Waals surface area contributed by atoms with E-state index in [0.29, 0.717) is 0 Å². The van der Waals surface area contributed by atoms with E-state index in [4.69, 9.17) is 30.0 Å². The Hall–Kier alpha value is -1.19. The standard InChI is InChI=1S/C4H7IO.2CH2O3/c1-3-4(2)5-6;2*2-1(3)4/h3H,1-2H3;2*(H2,2,3,4)/b4-3-;;. The Bertz CT molecular complexity index is 190. The van der Waals surface area contributed by atoms with Crippen LogP contribution < -0.4 is 0 Å². The maximum atomic E-state index is 9.90. The van der Waals surface area contributed by atoms with Gasteiger partial charge in [0.25, 0.3) is 0 Å². The van der Waals surface area contributed by atoms with Gasteiger partial charge in [-0.3, -0.25) is 3.07 Å². The van der Waals surface area contributed by atoms with Crippen molar-refractivity contribution < 1.29 is 33.1 Å². The van der Waals surface area contributed by atoms with Gasteiger partial charge in [0, 0.05) is 3.58 Å². The molecule has 0 aromatic rings. The van der Waals surface area contributed by atoms with Gasteiger partial charge < -0.3 is 20.4 Å². The number of rotatable bonds is 1. The molecule has 0 unspecified atom stereocenters. The molecule has 0 bridgehead atoms. The minimum Gasteiger partial charge on any atom is -0.450 e. The Kier molecular flexibility index (Phi) is 19.0. The van der Waals surface area contributed by atoms with Crippen molar-refractivity contribution >= 4 is 33.5 Å². The van der Waals surface area contributed by atoms with Crippen molar-refractivity contribution in [1.29, 1.82) is 0 Å². The van der Waals surface area contributed by atoms with Crippen molar-refractivity contribution in [2.75, 3.05) is 0 Å². The zero-order valence-electron chi connectivity index (χ0n) is 7.47. The number of allylic oxidation sites excluding steroid dienone is 2. The second-order valence-electron chi connectivity index (χ2n) is 1.52. The van der Waals surface area contributed by atoms with Crippen molar-refractivity contribution in [3.63, 3.8) is 0 Å². The van der Waals surface area contributed by atoms with Crippen molar-refractivity contribution in [2.45, 2.75) is 13.8 Å². The summed E-state index contributed by atoms with van der Waals surface area (Å²) in [5, 5.41) is 27.9. The first-order valence-corrected chi connectivity index (χ1v) is 4.97. The summed E-state index contributed by atoms with van der Waals surface area (Å²) in [5.74, 6) is 0. The van der Waals surface area contributed by atoms with Gasteiger partial charge in [-0.05, 0) is 13.8 Å². The molecule has 0 spiro atoms. The van der Waals surface area contributed by atoms with Gasteiger partial charge in [-0.25, -0.2) is 9.59 Å². The lowest BCUT2D eigenvalue weighted by molar-refractivity contribution is 0.135. The van der Waals surface area contributed by atoms with Gasteiger partial charge in [-0.1, -0.05) is 6.08 Å². The van der Waals surface area contributed by atoms with E-state index in [1.54, 1.807) is 0 Å². The SMILES string of the molecule is C/C=C(/C)I=O.O=C(O)O.O=C(O)O. The van der Waals surface area contributed by atoms with Crippen LogP contribution in [0, 0.1) is 0 Å². The minimum atomic E-state index is -1.83. The van der Waals surface area contributed by atoms with E-state index in [1.807, 2.05) is 19.9 Å². The number of carbonyl (C=O) groups is 2. The monoisotopic (exact) mass is 322 g/mol. The Morgan fingerprint density at radius 1 is 1.07 bits per heavy atom. The van der Waals surface area contributed by atoms with E-state index < -0.39 is 33.5 Å². The third kappa shape index (κ3) is 132. The summed E-state index contributed by atoms with van der Waals surface area (Å²) in [6, 6.07) is 0. The van der Waals surface area contributed by atoms with Gasteiger partial charge in [0.2, 0.25) is 0 Å². The number of halogens is 1. The van der Waals surface area contributed by atoms with Crippen LogP contribution in [-0.4, -0.2) is 32.7 Å². The molecule has 0 aliphatic rings. The summed E-state index contributed by atoms with van der Waals surface area (Å²) in [4.78, 5) is 17.1. The molecule has 0 fully saturated rings. The fourth-order valence-corrected chi connectivity index (χ4v) is 0.299. The third-order valence-electron chi connectivity index (χ3n) is 0.519. The normalized spacial score (nSPS) is 8.57. The van der Waals surface area contributed by atoms with Crippen molar-refractivity contribution in [2.24, 2.45) is 0 Å². The molecule has 7 nitrogen and oxygen atoms in total. The molecule has 8 heteroatoms. The van der Waals surface area contributed by atoms with Gasteiger partial charge in [-0.2, -0.15) is 0 Å². The van der Waals surface area contributed by atoms with Gasteiger partial charge in [0.15, 0.2) is 21.2 Å². The largest absolute Gasteiger partial charge is 0.503 e. The van der Waals surface area contributed by atoms with Crippen molar-refractivity contribution in [3.8, 4) is 0 Å². The summed E-state index contributed by atoms with van der Waals surface area (Å²) in [6.07, 6.45) is -1.79. The zero-order chi connectivity index (χ0) is 12.1. The molecule has 0 radical (unpaired) electrons. The molecule has 0 saturated heterocycles. The van der Waals surface area contributed by atoms with Crippen LogP contribution in [0.25, 0.3) is 0 Å². The van der Waals surface area contributed by atoms with Gasteiger partial charge >= 0.3 is 12.3 Å². The lowest BCUT2D eigenvalue weighted by atomic mass is 10.6. The molecule has 0 saturated carbocycles. The van der Waals surface area contributed by atoms with Crippen LogP contribution >= 0.6 is 21.2 Å². The van der Waals surface area contributed by atoms with E-state index in [1.165, 1.54) is 0 Å². The average molecular weight is 322 g/mol. The van der Waals surface area contributed by atoms with Gasteiger partial charge in [0.1, 0.15) is 0 Å². The average Bonchev–Trinajstić information content (AvgIpc) is 2.01. The van der Waals surface area contributed by atoms with Crippen LogP contribution in [0.3, 0.4) is 0 Å². The molecule has 0 aliphatic heterocycles. The van der Waals surface area contributed by atoms with Gasteiger partial charge in [0.05, 0.1) is 0 Å². The second-order valence-corrected chi connectivity index (χ2v) is 3.66. The van der Waals surface area contributed by atoms with E-state index >= 15 is 0 Å². The van der Waals surface area contributed by atoms with Crippen LogP contribution in [-0.2, 0) is 3.07 Å². The molecule has 0 aromatic heterocycles. The van der Waals surface area contributed by atoms with Crippen LogP contribution in [0.15, 0.2) is 9.66 Å². The minimum absolute atomic E-state index is 0.844. The van der Waals surface area contributed by atoms with Crippen LogP contribution in [0.2, 0.25) is 0 Å². The maximum absolute atomic E-state index is 9.90. The molecule has 4 N–H and O–H groups in total. The lowest BCUT2D eigenvalue weighted by Crippen LogP contribution is -1.81. The first-order valence-electron chi connectivity index (χ1n) is 3.01. The highest BCUT2D eigenvalue weighted by Crippen LogP contribution is 2.08. The van der Waals surface area contributed by atoms with Gasteiger partial charge in [-0.15, -0.1) is 0 Å². The molecular weight excluding hydrogens is 311 g/mol.